The van der Waals surface area contributed by atoms with E-state index in [1.165, 1.54) is 23.1 Å². The maximum Gasteiger partial charge on any atom is 0.264 e. The molecule has 3 aromatic rings. The number of hydrogen-bond donors (Lipinski definition) is 1. The number of para-hydroxylation sites is 1. The summed E-state index contributed by atoms with van der Waals surface area (Å²) < 4.78 is 28.6. The highest BCUT2D eigenvalue weighted by Gasteiger charge is 2.33. The number of benzene rings is 3. The van der Waals surface area contributed by atoms with Gasteiger partial charge in [0.25, 0.3) is 10.0 Å². The zero-order chi connectivity index (χ0) is 28.0. The van der Waals surface area contributed by atoms with Crippen LogP contribution >= 0.6 is 23.2 Å². The topological polar surface area (TPSA) is 86.8 Å². The van der Waals surface area contributed by atoms with Crippen molar-refractivity contribution in [2.24, 2.45) is 0 Å². The van der Waals surface area contributed by atoms with Gasteiger partial charge in [-0.1, -0.05) is 71.2 Å². The second-order valence-electron chi connectivity index (χ2n) is 9.23. The van der Waals surface area contributed by atoms with Gasteiger partial charge in [-0.15, -0.1) is 0 Å². The number of halogens is 2. The first kappa shape index (κ1) is 29.5. The Kier molecular flexibility index (Phi) is 9.82. The molecule has 10 heteroatoms. The van der Waals surface area contributed by atoms with Gasteiger partial charge in [0.2, 0.25) is 11.8 Å². The number of rotatable bonds is 10. The molecule has 0 spiro atoms. The molecular weight excluding hydrogens is 545 g/mol. The molecule has 0 aromatic heterocycles. The first-order valence-corrected chi connectivity index (χ1v) is 14.3. The molecule has 0 saturated carbocycles. The summed E-state index contributed by atoms with van der Waals surface area (Å²) in [6, 6.07) is 18.7. The minimum atomic E-state index is -4.19. The Bertz CT molecular complexity index is 1400. The van der Waals surface area contributed by atoms with Crippen LogP contribution < -0.4 is 9.62 Å². The summed E-state index contributed by atoms with van der Waals surface area (Å²) >= 11 is 12.8. The lowest BCUT2D eigenvalue weighted by Gasteiger charge is -2.32. The van der Waals surface area contributed by atoms with Crippen molar-refractivity contribution in [2.75, 3.05) is 10.8 Å². The van der Waals surface area contributed by atoms with Crippen molar-refractivity contribution in [3.8, 4) is 0 Å². The van der Waals surface area contributed by atoms with Gasteiger partial charge in [-0.2, -0.15) is 0 Å². The third kappa shape index (κ3) is 7.07. The maximum atomic E-state index is 13.9. The first-order chi connectivity index (χ1) is 17.9. The Balaban J connectivity index is 2.06. The largest absolute Gasteiger partial charge is 0.352 e. The molecule has 7 nitrogen and oxygen atoms in total. The number of amides is 2. The Hall–Kier alpha value is -3.07. The van der Waals surface area contributed by atoms with E-state index in [0.717, 1.165) is 9.87 Å². The van der Waals surface area contributed by atoms with Gasteiger partial charge in [0.05, 0.1) is 15.6 Å². The smallest absolute Gasteiger partial charge is 0.264 e. The van der Waals surface area contributed by atoms with E-state index in [4.69, 9.17) is 23.2 Å². The van der Waals surface area contributed by atoms with Crippen LogP contribution in [0.1, 0.15) is 31.9 Å². The lowest BCUT2D eigenvalue weighted by atomic mass is 10.1. The number of aryl methyl sites for hydroxylation is 1. The third-order valence-electron chi connectivity index (χ3n) is 5.91. The molecule has 0 unspecified atom stereocenters. The molecule has 1 atom stereocenters. The molecule has 38 heavy (non-hydrogen) atoms. The molecule has 0 heterocycles. The fourth-order valence-corrected chi connectivity index (χ4v) is 5.72. The van der Waals surface area contributed by atoms with E-state index in [9.17, 15) is 18.0 Å². The highest BCUT2D eigenvalue weighted by molar-refractivity contribution is 7.92. The van der Waals surface area contributed by atoms with Crippen molar-refractivity contribution in [2.45, 2.75) is 51.2 Å². The van der Waals surface area contributed by atoms with E-state index in [0.29, 0.717) is 10.6 Å². The zero-order valence-corrected chi connectivity index (χ0v) is 24.0. The van der Waals surface area contributed by atoms with Crippen LogP contribution in [0.2, 0.25) is 10.0 Å². The Labute approximate surface area is 234 Å². The van der Waals surface area contributed by atoms with Gasteiger partial charge in [0, 0.05) is 17.6 Å². The molecule has 0 fully saturated rings. The number of nitrogens with one attached hydrogen (secondary N) is 1. The van der Waals surface area contributed by atoms with Crippen molar-refractivity contribution < 1.29 is 18.0 Å². The molecule has 1 N–H and O–H groups in total. The molecule has 0 saturated heterocycles. The van der Waals surface area contributed by atoms with Crippen LogP contribution in [0.4, 0.5) is 5.69 Å². The van der Waals surface area contributed by atoms with E-state index in [-0.39, 0.29) is 34.1 Å². The molecule has 0 aliphatic rings. The number of carbonyl (C=O) groups is 2. The maximum absolute atomic E-state index is 13.9. The van der Waals surface area contributed by atoms with Gasteiger partial charge in [-0.05, 0) is 63.6 Å². The predicted octanol–water partition coefficient (Wildman–Crippen LogP) is 5.44. The highest BCUT2D eigenvalue weighted by atomic mass is 35.5. The molecule has 3 aromatic carbocycles. The standard InChI is InChI=1S/C28H31Cl2N3O4S/c1-19(2)31-28(35)21(4)32(17-22-9-5-6-10-24(22)29)27(34)18-33(26-12-8-7-11-25(26)30)38(36,37)23-15-13-20(3)14-16-23/h5-16,19,21H,17-18H2,1-4H3,(H,31,35)/t21-/m1/s1. The van der Waals surface area contributed by atoms with Gasteiger partial charge in [0.1, 0.15) is 12.6 Å². The van der Waals surface area contributed by atoms with E-state index in [1.807, 2.05) is 20.8 Å². The molecular formula is C28H31Cl2N3O4S. The van der Waals surface area contributed by atoms with Crippen LogP contribution in [0.15, 0.2) is 77.7 Å². The van der Waals surface area contributed by atoms with Crippen LogP contribution in [0.25, 0.3) is 0 Å². The van der Waals surface area contributed by atoms with E-state index >= 15 is 0 Å². The SMILES string of the molecule is Cc1ccc(S(=O)(=O)N(CC(=O)N(Cc2ccccc2Cl)[C@H](C)C(=O)NC(C)C)c2ccccc2Cl)cc1. The van der Waals surface area contributed by atoms with Crippen molar-refractivity contribution in [1.29, 1.82) is 0 Å². The Morgan fingerprint density at radius 2 is 1.45 bits per heavy atom. The summed E-state index contributed by atoms with van der Waals surface area (Å²) in [4.78, 5) is 28.2. The van der Waals surface area contributed by atoms with Crippen molar-refractivity contribution in [3.63, 3.8) is 0 Å². The third-order valence-corrected chi connectivity index (χ3v) is 8.37. The van der Waals surface area contributed by atoms with E-state index in [2.05, 4.69) is 5.32 Å². The lowest BCUT2D eigenvalue weighted by molar-refractivity contribution is -0.139. The summed E-state index contributed by atoms with van der Waals surface area (Å²) in [5.74, 6) is -0.960. The Morgan fingerprint density at radius 3 is 2.03 bits per heavy atom. The quantitative estimate of drug-likeness (QED) is 0.348. The average Bonchev–Trinajstić information content (AvgIpc) is 2.86. The number of hydrogen-bond acceptors (Lipinski definition) is 4. The van der Waals surface area contributed by atoms with Crippen LogP contribution in [0.5, 0.6) is 0 Å². The van der Waals surface area contributed by atoms with Crippen molar-refractivity contribution in [1.82, 2.24) is 10.2 Å². The average molecular weight is 577 g/mol. The van der Waals surface area contributed by atoms with Crippen LogP contribution in [-0.4, -0.2) is 43.8 Å². The number of nitrogens with zero attached hydrogens (tertiary/aromatic N) is 2. The van der Waals surface area contributed by atoms with Crippen molar-refractivity contribution in [3.05, 3.63) is 94.0 Å². The molecule has 2 amide bonds. The minimum absolute atomic E-state index is 0.00608. The summed E-state index contributed by atoms with van der Waals surface area (Å²) in [5, 5.41) is 3.41. The monoisotopic (exact) mass is 575 g/mol. The number of carbonyl (C=O) groups excluding carboxylic acids is 2. The molecule has 3 rings (SSSR count). The second kappa shape index (κ2) is 12.7. The van der Waals surface area contributed by atoms with Crippen molar-refractivity contribution >= 4 is 50.7 Å². The second-order valence-corrected chi connectivity index (χ2v) is 11.9. The number of sulfonamides is 1. The van der Waals surface area contributed by atoms with Gasteiger partial charge < -0.3 is 10.2 Å². The summed E-state index contributed by atoms with van der Waals surface area (Å²) in [6.45, 7) is 6.51. The normalized spacial score (nSPS) is 12.2. The van der Waals surface area contributed by atoms with Gasteiger partial charge in [-0.25, -0.2) is 8.42 Å². The van der Waals surface area contributed by atoms with Gasteiger partial charge in [0.15, 0.2) is 0 Å². The fourth-order valence-electron chi connectivity index (χ4n) is 3.80. The van der Waals surface area contributed by atoms with E-state index < -0.39 is 28.5 Å². The van der Waals surface area contributed by atoms with E-state index in [1.54, 1.807) is 61.5 Å². The van der Waals surface area contributed by atoms with Crippen LogP contribution in [-0.2, 0) is 26.2 Å². The first-order valence-electron chi connectivity index (χ1n) is 12.1. The Morgan fingerprint density at radius 1 is 0.868 bits per heavy atom. The predicted molar refractivity (Wildman–Crippen MR) is 152 cm³/mol. The van der Waals surface area contributed by atoms with Crippen LogP contribution in [0, 0.1) is 6.92 Å². The summed E-state index contributed by atoms with van der Waals surface area (Å²) in [5.41, 5.74) is 1.66. The van der Waals surface area contributed by atoms with Gasteiger partial charge >= 0.3 is 0 Å². The summed E-state index contributed by atoms with van der Waals surface area (Å²) in [7, 11) is -4.19. The molecule has 0 aliphatic heterocycles. The molecule has 0 radical (unpaired) electrons. The minimum Gasteiger partial charge on any atom is -0.352 e. The molecule has 202 valence electrons. The zero-order valence-electron chi connectivity index (χ0n) is 21.7. The van der Waals surface area contributed by atoms with Crippen LogP contribution in [0.3, 0.4) is 0 Å². The molecule has 0 aliphatic carbocycles. The van der Waals surface area contributed by atoms with Gasteiger partial charge in [-0.3, -0.25) is 13.9 Å². The molecule has 0 bridgehead atoms. The number of anilines is 1. The summed E-state index contributed by atoms with van der Waals surface area (Å²) in [6.07, 6.45) is 0. The highest BCUT2D eigenvalue weighted by Crippen LogP contribution is 2.31. The fraction of sp³-hybridized carbons (Fsp3) is 0.286. The lowest BCUT2D eigenvalue weighted by Crippen LogP contribution is -2.52.